The SMILES string of the molecule is NCCC(O)c1nc2ccccc2n1-c1ccccc1. The van der Waals surface area contributed by atoms with Gasteiger partial charge in [-0.05, 0) is 37.2 Å². The fourth-order valence-corrected chi connectivity index (χ4v) is 2.40. The Hall–Kier alpha value is -2.17. The van der Waals surface area contributed by atoms with Crippen LogP contribution in [0.25, 0.3) is 16.7 Å². The molecule has 1 atom stereocenters. The smallest absolute Gasteiger partial charge is 0.143 e. The topological polar surface area (TPSA) is 64.1 Å². The molecule has 0 amide bonds. The molecule has 0 fully saturated rings. The minimum Gasteiger partial charge on any atom is -0.385 e. The molecule has 3 rings (SSSR count). The number of aliphatic hydroxyl groups excluding tert-OH is 1. The first-order valence-corrected chi connectivity index (χ1v) is 6.72. The van der Waals surface area contributed by atoms with Crippen LogP contribution >= 0.6 is 0 Å². The zero-order chi connectivity index (χ0) is 13.9. The molecule has 102 valence electrons. The number of aliphatic hydroxyl groups is 1. The van der Waals surface area contributed by atoms with E-state index in [-0.39, 0.29) is 0 Å². The highest BCUT2D eigenvalue weighted by molar-refractivity contribution is 5.78. The summed E-state index contributed by atoms with van der Waals surface area (Å²) in [5.74, 6) is 0.642. The van der Waals surface area contributed by atoms with Crippen LogP contribution in [-0.4, -0.2) is 21.2 Å². The van der Waals surface area contributed by atoms with E-state index in [1.54, 1.807) is 0 Å². The van der Waals surface area contributed by atoms with E-state index in [1.807, 2.05) is 59.2 Å². The average molecular weight is 267 g/mol. The van der Waals surface area contributed by atoms with Crippen molar-refractivity contribution in [1.29, 1.82) is 0 Å². The molecule has 0 spiro atoms. The Morgan fingerprint density at radius 3 is 2.50 bits per heavy atom. The molecule has 1 aromatic heterocycles. The first-order valence-electron chi connectivity index (χ1n) is 6.72. The van der Waals surface area contributed by atoms with Crippen LogP contribution in [0.2, 0.25) is 0 Å². The lowest BCUT2D eigenvalue weighted by atomic mass is 10.2. The van der Waals surface area contributed by atoms with E-state index in [1.165, 1.54) is 0 Å². The van der Waals surface area contributed by atoms with Crippen molar-refractivity contribution in [1.82, 2.24) is 9.55 Å². The van der Waals surface area contributed by atoms with Gasteiger partial charge in [0.1, 0.15) is 11.9 Å². The van der Waals surface area contributed by atoms with Crippen LogP contribution in [0.5, 0.6) is 0 Å². The summed E-state index contributed by atoms with van der Waals surface area (Å²) in [7, 11) is 0. The van der Waals surface area contributed by atoms with Crippen molar-refractivity contribution < 1.29 is 5.11 Å². The van der Waals surface area contributed by atoms with E-state index in [9.17, 15) is 5.11 Å². The highest BCUT2D eigenvalue weighted by atomic mass is 16.3. The van der Waals surface area contributed by atoms with Crippen molar-refractivity contribution in [2.24, 2.45) is 5.73 Å². The molecule has 3 N–H and O–H groups in total. The van der Waals surface area contributed by atoms with Crippen molar-refractivity contribution >= 4 is 11.0 Å². The quantitative estimate of drug-likeness (QED) is 0.763. The second-order valence-electron chi connectivity index (χ2n) is 4.72. The van der Waals surface area contributed by atoms with Crippen LogP contribution < -0.4 is 5.73 Å². The van der Waals surface area contributed by atoms with Gasteiger partial charge < -0.3 is 10.8 Å². The summed E-state index contributed by atoms with van der Waals surface area (Å²) in [6.45, 7) is 0.430. The Bertz CT molecular complexity index is 706. The first-order chi connectivity index (χ1) is 9.81. The Balaban J connectivity index is 2.23. The zero-order valence-electron chi connectivity index (χ0n) is 11.1. The van der Waals surface area contributed by atoms with E-state index in [0.717, 1.165) is 16.7 Å². The molecule has 0 aliphatic rings. The van der Waals surface area contributed by atoms with Crippen LogP contribution in [0.1, 0.15) is 18.3 Å². The minimum absolute atomic E-state index is 0.430. The van der Waals surface area contributed by atoms with Crippen LogP contribution in [0.3, 0.4) is 0 Å². The third kappa shape index (κ3) is 2.19. The molecule has 0 aliphatic carbocycles. The number of benzene rings is 2. The molecule has 1 unspecified atom stereocenters. The lowest BCUT2D eigenvalue weighted by Crippen LogP contribution is -2.12. The molecular formula is C16H17N3O. The molecular weight excluding hydrogens is 250 g/mol. The number of para-hydroxylation sites is 3. The summed E-state index contributed by atoms with van der Waals surface area (Å²) in [6.07, 6.45) is -0.163. The molecule has 0 aliphatic heterocycles. The first kappa shape index (κ1) is 12.8. The van der Waals surface area contributed by atoms with Gasteiger partial charge in [-0.3, -0.25) is 4.57 Å². The van der Waals surface area contributed by atoms with Crippen molar-refractivity contribution in [3.63, 3.8) is 0 Å². The van der Waals surface area contributed by atoms with E-state index >= 15 is 0 Å². The third-order valence-electron chi connectivity index (χ3n) is 3.34. The van der Waals surface area contributed by atoms with Crippen molar-refractivity contribution in [2.75, 3.05) is 6.54 Å². The fraction of sp³-hybridized carbons (Fsp3) is 0.188. The Morgan fingerprint density at radius 2 is 1.75 bits per heavy atom. The summed E-state index contributed by atoms with van der Waals surface area (Å²) in [4.78, 5) is 4.56. The molecule has 20 heavy (non-hydrogen) atoms. The number of nitrogens with zero attached hydrogens (tertiary/aromatic N) is 2. The number of aromatic nitrogens is 2. The van der Waals surface area contributed by atoms with Gasteiger partial charge in [0.2, 0.25) is 0 Å². The van der Waals surface area contributed by atoms with Gasteiger partial charge in [0, 0.05) is 5.69 Å². The number of rotatable bonds is 4. The molecule has 3 aromatic rings. The number of fused-ring (bicyclic) bond motifs is 1. The molecule has 0 saturated heterocycles. The molecule has 1 heterocycles. The maximum absolute atomic E-state index is 10.3. The third-order valence-corrected chi connectivity index (χ3v) is 3.34. The molecule has 0 bridgehead atoms. The van der Waals surface area contributed by atoms with Gasteiger partial charge in [-0.1, -0.05) is 30.3 Å². The molecule has 0 saturated carbocycles. The maximum Gasteiger partial charge on any atom is 0.143 e. The Labute approximate surface area is 117 Å². The number of nitrogens with two attached hydrogens (primary N) is 1. The fourth-order valence-electron chi connectivity index (χ4n) is 2.40. The number of hydrogen-bond acceptors (Lipinski definition) is 3. The lowest BCUT2D eigenvalue weighted by Gasteiger charge is -2.13. The monoisotopic (exact) mass is 267 g/mol. The van der Waals surface area contributed by atoms with Crippen molar-refractivity contribution in [2.45, 2.75) is 12.5 Å². The van der Waals surface area contributed by atoms with Crippen LogP contribution in [0, 0.1) is 0 Å². The van der Waals surface area contributed by atoms with Gasteiger partial charge in [-0.15, -0.1) is 0 Å². The Kier molecular flexibility index (Phi) is 3.50. The van der Waals surface area contributed by atoms with E-state index in [4.69, 9.17) is 5.73 Å². The molecule has 4 nitrogen and oxygen atoms in total. The second-order valence-corrected chi connectivity index (χ2v) is 4.72. The Morgan fingerprint density at radius 1 is 1.05 bits per heavy atom. The normalized spacial score (nSPS) is 12.7. The van der Waals surface area contributed by atoms with Gasteiger partial charge in [-0.2, -0.15) is 0 Å². The van der Waals surface area contributed by atoms with E-state index in [0.29, 0.717) is 18.8 Å². The van der Waals surface area contributed by atoms with Crippen molar-refractivity contribution in [3.05, 3.63) is 60.4 Å². The average Bonchev–Trinajstić information content (AvgIpc) is 2.88. The lowest BCUT2D eigenvalue weighted by molar-refractivity contribution is 0.159. The highest BCUT2D eigenvalue weighted by Crippen LogP contribution is 2.26. The molecule has 4 heteroatoms. The van der Waals surface area contributed by atoms with Crippen LogP contribution in [0.4, 0.5) is 0 Å². The standard InChI is InChI=1S/C16H17N3O/c17-11-10-15(20)16-18-13-8-4-5-9-14(13)19(16)12-6-2-1-3-7-12/h1-9,15,20H,10-11,17H2. The van der Waals surface area contributed by atoms with Crippen LogP contribution in [-0.2, 0) is 0 Å². The summed E-state index contributed by atoms with van der Waals surface area (Å²) in [5.41, 5.74) is 8.41. The van der Waals surface area contributed by atoms with Gasteiger partial charge in [0.05, 0.1) is 11.0 Å². The summed E-state index contributed by atoms with van der Waals surface area (Å²) in [6, 6.07) is 17.8. The summed E-state index contributed by atoms with van der Waals surface area (Å²) < 4.78 is 2.00. The van der Waals surface area contributed by atoms with E-state index in [2.05, 4.69) is 4.98 Å². The molecule has 2 aromatic carbocycles. The second kappa shape index (κ2) is 5.45. The minimum atomic E-state index is -0.660. The van der Waals surface area contributed by atoms with Gasteiger partial charge >= 0.3 is 0 Å². The maximum atomic E-state index is 10.3. The van der Waals surface area contributed by atoms with Crippen LogP contribution in [0.15, 0.2) is 54.6 Å². The summed E-state index contributed by atoms with van der Waals surface area (Å²) in [5, 5.41) is 10.3. The summed E-state index contributed by atoms with van der Waals surface area (Å²) >= 11 is 0. The zero-order valence-corrected chi connectivity index (χ0v) is 11.1. The van der Waals surface area contributed by atoms with Gasteiger partial charge in [0.15, 0.2) is 0 Å². The number of hydrogen-bond donors (Lipinski definition) is 2. The molecule has 0 radical (unpaired) electrons. The largest absolute Gasteiger partial charge is 0.385 e. The van der Waals surface area contributed by atoms with Crippen molar-refractivity contribution in [3.8, 4) is 5.69 Å². The van der Waals surface area contributed by atoms with Gasteiger partial charge in [0.25, 0.3) is 0 Å². The predicted octanol–water partition coefficient (Wildman–Crippen LogP) is 2.41. The van der Waals surface area contributed by atoms with Gasteiger partial charge in [-0.25, -0.2) is 4.98 Å². The number of imidazole rings is 1. The highest BCUT2D eigenvalue weighted by Gasteiger charge is 2.18. The predicted molar refractivity (Wildman–Crippen MR) is 79.7 cm³/mol. The van der Waals surface area contributed by atoms with E-state index < -0.39 is 6.10 Å².